The number of nitriles is 1. The van der Waals surface area contributed by atoms with Crippen LogP contribution in [0.2, 0.25) is 0 Å². The average Bonchev–Trinajstić information content (AvgIpc) is 2.61. The first kappa shape index (κ1) is 8.57. The van der Waals surface area contributed by atoms with E-state index in [9.17, 15) is 4.79 Å². The monoisotopic (exact) mass is 187 g/mol. The SMILES string of the molecule is N#CNC(=O)C1Cc2ccccc2N1. The number of benzene rings is 1. The maximum Gasteiger partial charge on any atom is 0.255 e. The molecule has 1 atom stereocenters. The molecule has 0 saturated carbocycles. The first-order valence-corrected chi connectivity index (χ1v) is 4.34. The molecule has 1 aliphatic heterocycles. The lowest BCUT2D eigenvalue weighted by atomic mass is 10.1. The molecule has 0 bridgehead atoms. The molecule has 2 rings (SSSR count). The van der Waals surface area contributed by atoms with Crippen molar-refractivity contribution >= 4 is 11.6 Å². The lowest BCUT2D eigenvalue weighted by molar-refractivity contribution is -0.120. The smallest absolute Gasteiger partial charge is 0.255 e. The van der Waals surface area contributed by atoms with Crippen LogP contribution in [0.15, 0.2) is 24.3 Å². The molecule has 2 N–H and O–H groups in total. The molecule has 1 unspecified atom stereocenters. The molecule has 1 aromatic rings. The number of para-hydroxylation sites is 1. The Morgan fingerprint density at radius 1 is 1.57 bits per heavy atom. The fourth-order valence-corrected chi connectivity index (χ4v) is 1.60. The molecule has 1 aromatic carbocycles. The van der Waals surface area contributed by atoms with Crippen molar-refractivity contribution in [2.75, 3.05) is 5.32 Å². The van der Waals surface area contributed by atoms with E-state index in [0.717, 1.165) is 11.3 Å². The highest BCUT2D eigenvalue weighted by Crippen LogP contribution is 2.24. The Labute approximate surface area is 81.5 Å². The second kappa shape index (κ2) is 3.38. The third-order valence-corrected chi connectivity index (χ3v) is 2.27. The standard InChI is InChI=1S/C10H9N3O/c11-6-12-10(14)9-5-7-3-1-2-4-8(7)13-9/h1-4,9,13H,5H2,(H,12,14). The molecular formula is C10H9N3O. The van der Waals surface area contributed by atoms with Gasteiger partial charge in [0.15, 0.2) is 6.19 Å². The predicted octanol–water partition coefficient (Wildman–Crippen LogP) is 0.620. The molecule has 70 valence electrons. The molecule has 4 nitrogen and oxygen atoms in total. The minimum Gasteiger partial charge on any atom is -0.373 e. The Bertz CT molecular complexity index is 383. The normalized spacial score (nSPS) is 17.8. The van der Waals surface area contributed by atoms with Crippen molar-refractivity contribution in [1.82, 2.24) is 5.32 Å². The van der Waals surface area contributed by atoms with Gasteiger partial charge in [0.2, 0.25) is 0 Å². The molecule has 0 aliphatic carbocycles. The molecule has 0 radical (unpaired) electrons. The quantitative estimate of drug-likeness (QED) is 0.500. The third-order valence-electron chi connectivity index (χ3n) is 2.27. The Hall–Kier alpha value is -2.02. The summed E-state index contributed by atoms with van der Waals surface area (Å²) in [4.78, 5) is 11.3. The molecule has 1 heterocycles. The van der Waals surface area contributed by atoms with Gasteiger partial charge < -0.3 is 5.32 Å². The number of hydrogen-bond acceptors (Lipinski definition) is 3. The van der Waals surface area contributed by atoms with Crippen LogP contribution in [0.3, 0.4) is 0 Å². The molecule has 4 heteroatoms. The van der Waals surface area contributed by atoms with Gasteiger partial charge in [-0.25, -0.2) is 0 Å². The number of hydrogen-bond donors (Lipinski definition) is 2. The van der Waals surface area contributed by atoms with Crippen molar-refractivity contribution < 1.29 is 4.79 Å². The summed E-state index contributed by atoms with van der Waals surface area (Å²) >= 11 is 0. The fraction of sp³-hybridized carbons (Fsp3) is 0.200. The van der Waals surface area contributed by atoms with Gasteiger partial charge in [-0.15, -0.1) is 0 Å². The van der Waals surface area contributed by atoms with Crippen LogP contribution in [0.4, 0.5) is 5.69 Å². The summed E-state index contributed by atoms with van der Waals surface area (Å²) in [5.41, 5.74) is 2.09. The number of anilines is 1. The van der Waals surface area contributed by atoms with Crippen LogP contribution in [0.25, 0.3) is 0 Å². The van der Waals surface area contributed by atoms with Crippen molar-refractivity contribution in [1.29, 1.82) is 5.26 Å². The largest absolute Gasteiger partial charge is 0.373 e. The van der Waals surface area contributed by atoms with Crippen molar-refractivity contribution in [3.05, 3.63) is 29.8 Å². The maximum atomic E-state index is 11.3. The van der Waals surface area contributed by atoms with Crippen LogP contribution in [0, 0.1) is 11.5 Å². The van der Waals surface area contributed by atoms with Gasteiger partial charge in [-0.2, -0.15) is 5.26 Å². The third kappa shape index (κ3) is 1.40. The van der Waals surface area contributed by atoms with E-state index in [1.54, 1.807) is 6.19 Å². The van der Waals surface area contributed by atoms with Crippen molar-refractivity contribution in [3.8, 4) is 6.19 Å². The van der Waals surface area contributed by atoms with Gasteiger partial charge >= 0.3 is 0 Å². The highest BCUT2D eigenvalue weighted by Gasteiger charge is 2.25. The van der Waals surface area contributed by atoms with Crippen LogP contribution < -0.4 is 10.6 Å². The predicted molar refractivity (Wildman–Crippen MR) is 51.3 cm³/mol. The van der Waals surface area contributed by atoms with Gasteiger partial charge in [-0.05, 0) is 11.6 Å². The number of nitrogens with zero attached hydrogens (tertiary/aromatic N) is 1. The summed E-state index contributed by atoms with van der Waals surface area (Å²) in [5, 5.41) is 13.5. The minimum absolute atomic E-state index is 0.274. The average molecular weight is 187 g/mol. The zero-order valence-corrected chi connectivity index (χ0v) is 7.45. The second-order valence-electron chi connectivity index (χ2n) is 3.16. The summed E-state index contributed by atoms with van der Waals surface area (Å²) in [6.07, 6.45) is 2.27. The van der Waals surface area contributed by atoms with Crippen LogP contribution in [0.5, 0.6) is 0 Å². The summed E-state index contributed by atoms with van der Waals surface area (Å²) in [6, 6.07) is 7.44. The summed E-state index contributed by atoms with van der Waals surface area (Å²) in [6.45, 7) is 0. The molecule has 0 fully saturated rings. The first-order valence-electron chi connectivity index (χ1n) is 4.34. The van der Waals surface area contributed by atoms with E-state index in [1.165, 1.54) is 0 Å². The van der Waals surface area contributed by atoms with E-state index in [4.69, 9.17) is 5.26 Å². The lowest BCUT2D eigenvalue weighted by Crippen LogP contribution is -2.35. The van der Waals surface area contributed by atoms with Crippen LogP contribution in [-0.2, 0) is 11.2 Å². The minimum atomic E-state index is -0.313. The van der Waals surface area contributed by atoms with E-state index >= 15 is 0 Å². The van der Waals surface area contributed by atoms with E-state index in [1.807, 2.05) is 24.3 Å². The Kier molecular flexibility index (Phi) is 2.07. The van der Waals surface area contributed by atoms with E-state index in [0.29, 0.717) is 6.42 Å². The van der Waals surface area contributed by atoms with Gasteiger partial charge in [-0.1, -0.05) is 18.2 Å². The van der Waals surface area contributed by atoms with Crippen molar-refractivity contribution in [2.24, 2.45) is 0 Å². The van der Waals surface area contributed by atoms with Crippen LogP contribution in [0.1, 0.15) is 5.56 Å². The van der Waals surface area contributed by atoms with E-state index in [-0.39, 0.29) is 11.9 Å². The van der Waals surface area contributed by atoms with Gasteiger partial charge in [0.1, 0.15) is 6.04 Å². The van der Waals surface area contributed by atoms with Gasteiger partial charge in [0.05, 0.1) is 0 Å². The molecule has 0 spiro atoms. The molecule has 1 aliphatic rings. The zero-order chi connectivity index (χ0) is 9.97. The van der Waals surface area contributed by atoms with E-state index in [2.05, 4.69) is 10.6 Å². The summed E-state index contributed by atoms with van der Waals surface area (Å²) in [5.74, 6) is -0.274. The van der Waals surface area contributed by atoms with E-state index < -0.39 is 0 Å². The highest BCUT2D eigenvalue weighted by molar-refractivity contribution is 5.88. The van der Waals surface area contributed by atoms with Gasteiger partial charge in [0, 0.05) is 12.1 Å². The van der Waals surface area contributed by atoms with Gasteiger partial charge in [-0.3, -0.25) is 10.1 Å². The number of fused-ring (bicyclic) bond motifs is 1. The number of carbonyl (C=O) groups excluding carboxylic acids is 1. The Balaban J connectivity index is 2.12. The summed E-state index contributed by atoms with van der Waals surface area (Å²) < 4.78 is 0. The molecule has 14 heavy (non-hydrogen) atoms. The molecule has 1 amide bonds. The number of amides is 1. The number of nitrogens with one attached hydrogen (secondary N) is 2. The number of rotatable bonds is 1. The molecule has 0 saturated heterocycles. The van der Waals surface area contributed by atoms with Gasteiger partial charge in [0.25, 0.3) is 5.91 Å². The maximum absolute atomic E-state index is 11.3. The number of carbonyl (C=O) groups is 1. The highest BCUT2D eigenvalue weighted by atomic mass is 16.2. The zero-order valence-electron chi connectivity index (χ0n) is 7.45. The van der Waals surface area contributed by atoms with Crippen LogP contribution in [-0.4, -0.2) is 11.9 Å². The fourth-order valence-electron chi connectivity index (χ4n) is 1.60. The molecule has 0 aromatic heterocycles. The Morgan fingerprint density at radius 2 is 2.36 bits per heavy atom. The Morgan fingerprint density at radius 3 is 3.07 bits per heavy atom. The molecular weight excluding hydrogens is 178 g/mol. The topological polar surface area (TPSA) is 64.9 Å². The summed E-state index contributed by atoms with van der Waals surface area (Å²) in [7, 11) is 0. The van der Waals surface area contributed by atoms with Crippen LogP contribution >= 0.6 is 0 Å². The van der Waals surface area contributed by atoms with Crippen molar-refractivity contribution in [3.63, 3.8) is 0 Å². The first-order chi connectivity index (χ1) is 6.81. The van der Waals surface area contributed by atoms with Crippen molar-refractivity contribution in [2.45, 2.75) is 12.5 Å². The lowest BCUT2D eigenvalue weighted by Gasteiger charge is -2.06. The second-order valence-corrected chi connectivity index (χ2v) is 3.16.